The van der Waals surface area contributed by atoms with Gasteiger partial charge in [0.25, 0.3) is 0 Å². The van der Waals surface area contributed by atoms with E-state index in [4.69, 9.17) is 4.74 Å². The number of nitro groups is 1. The maximum atomic E-state index is 10.9. The molecular weight excluding hydrogens is 298 g/mol. The second-order valence-corrected chi connectivity index (χ2v) is 5.91. The van der Waals surface area contributed by atoms with Gasteiger partial charge < -0.3 is 4.74 Å². The molecule has 0 amide bonds. The van der Waals surface area contributed by atoms with E-state index in [9.17, 15) is 10.1 Å². The number of rotatable bonds is 5. The van der Waals surface area contributed by atoms with Crippen molar-refractivity contribution in [3.05, 3.63) is 33.9 Å². The normalized spacial score (nSPS) is 11.3. The molecule has 0 radical (unpaired) electrons. The lowest BCUT2D eigenvalue weighted by atomic mass is 9.93. The van der Waals surface area contributed by atoms with Crippen LogP contribution in [0.5, 0.6) is 5.75 Å². The Morgan fingerprint density at radius 2 is 2.06 bits per heavy atom. The van der Waals surface area contributed by atoms with Crippen LogP contribution in [-0.2, 0) is 5.33 Å². The fourth-order valence-corrected chi connectivity index (χ4v) is 1.72. The molecule has 0 unspecified atom stereocenters. The number of ether oxygens (including phenoxy) is 1. The van der Waals surface area contributed by atoms with Crippen LogP contribution in [0.4, 0.5) is 5.69 Å². The summed E-state index contributed by atoms with van der Waals surface area (Å²) in [6.07, 6.45) is 0.850. The molecule has 1 aromatic carbocycles. The molecule has 1 aromatic rings. The molecule has 0 fully saturated rings. The van der Waals surface area contributed by atoms with Crippen molar-refractivity contribution in [2.24, 2.45) is 5.41 Å². The second kappa shape index (κ2) is 6.18. The molecule has 0 aliphatic rings. The fraction of sp³-hybridized carbons (Fsp3) is 0.538. The standard InChI is InChI=1S/C13H18BrNO3/c1-13(2,3)6-7-18-12-8-10(9-14)4-5-11(12)15(16)17/h4-5,8H,6-7,9H2,1-3H3. The van der Waals surface area contributed by atoms with Crippen molar-refractivity contribution in [2.45, 2.75) is 32.5 Å². The minimum Gasteiger partial charge on any atom is -0.487 e. The van der Waals surface area contributed by atoms with Crippen LogP contribution in [0.15, 0.2) is 18.2 Å². The summed E-state index contributed by atoms with van der Waals surface area (Å²) in [5, 5.41) is 11.5. The Morgan fingerprint density at radius 3 is 2.56 bits per heavy atom. The van der Waals surface area contributed by atoms with E-state index in [0.29, 0.717) is 17.7 Å². The van der Waals surface area contributed by atoms with E-state index in [2.05, 4.69) is 36.7 Å². The number of nitro benzene ring substituents is 1. The number of benzene rings is 1. The largest absolute Gasteiger partial charge is 0.487 e. The Kier molecular flexibility index (Phi) is 5.14. The van der Waals surface area contributed by atoms with Gasteiger partial charge in [-0.2, -0.15) is 0 Å². The average Bonchev–Trinajstić information content (AvgIpc) is 2.26. The van der Waals surface area contributed by atoms with Gasteiger partial charge in [0.05, 0.1) is 11.5 Å². The summed E-state index contributed by atoms with van der Waals surface area (Å²) in [6.45, 7) is 6.81. The summed E-state index contributed by atoms with van der Waals surface area (Å²) < 4.78 is 5.55. The van der Waals surface area contributed by atoms with Gasteiger partial charge >= 0.3 is 5.69 Å². The van der Waals surface area contributed by atoms with E-state index in [1.165, 1.54) is 6.07 Å². The Bertz CT molecular complexity index is 427. The third-order valence-corrected chi connectivity index (χ3v) is 3.13. The SMILES string of the molecule is CC(C)(C)CCOc1cc(CBr)ccc1[N+](=O)[O-]. The Morgan fingerprint density at radius 1 is 1.39 bits per heavy atom. The highest BCUT2D eigenvalue weighted by Crippen LogP contribution is 2.29. The van der Waals surface area contributed by atoms with Gasteiger partial charge in [0.1, 0.15) is 0 Å². The number of hydrogen-bond donors (Lipinski definition) is 0. The van der Waals surface area contributed by atoms with E-state index >= 15 is 0 Å². The van der Waals surface area contributed by atoms with Gasteiger partial charge in [-0.05, 0) is 23.5 Å². The lowest BCUT2D eigenvalue weighted by Gasteiger charge is -2.18. The molecule has 1 rings (SSSR count). The molecule has 100 valence electrons. The molecule has 18 heavy (non-hydrogen) atoms. The molecule has 0 saturated heterocycles. The van der Waals surface area contributed by atoms with Gasteiger partial charge in [-0.15, -0.1) is 0 Å². The monoisotopic (exact) mass is 315 g/mol. The zero-order valence-corrected chi connectivity index (χ0v) is 12.5. The van der Waals surface area contributed by atoms with E-state index in [1.807, 2.05) is 0 Å². The highest BCUT2D eigenvalue weighted by molar-refractivity contribution is 9.08. The predicted octanol–water partition coefficient (Wildman–Crippen LogP) is 4.30. The van der Waals surface area contributed by atoms with Crippen LogP contribution in [0.25, 0.3) is 0 Å². The topological polar surface area (TPSA) is 52.4 Å². The van der Waals surface area contributed by atoms with Crippen LogP contribution < -0.4 is 4.74 Å². The number of nitrogens with zero attached hydrogens (tertiary/aromatic N) is 1. The molecule has 0 spiro atoms. The van der Waals surface area contributed by atoms with Crippen LogP contribution in [0.1, 0.15) is 32.8 Å². The molecule has 0 heterocycles. The summed E-state index contributed by atoms with van der Waals surface area (Å²) >= 11 is 3.33. The van der Waals surface area contributed by atoms with Crippen molar-refractivity contribution in [2.75, 3.05) is 6.61 Å². The van der Waals surface area contributed by atoms with Crippen molar-refractivity contribution in [3.8, 4) is 5.75 Å². The number of alkyl halides is 1. The van der Waals surface area contributed by atoms with Crippen LogP contribution in [0.3, 0.4) is 0 Å². The first-order valence-electron chi connectivity index (χ1n) is 5.79. The third kappa shape index (κ3) is 4.64. The van der Waals surface area contributed by atoms with Gasteiger partial charge in [0.2, 0.25) is 0 Å². The van der Waals surface area contributed by atoms with Crippen molar-refractivity contribution in [3.63, 3.8) is 0 Å². The summed E-state index contributed by atoms with van der Waals surface area (Å²) in [5.41, 5.74) is 1.14. The number of hydrogen-bond acceptors (Lipinski definition) is 3. The second-order valence-electron chi connectivity index (χ2n) is 5.35. The third-order valence-electron chi connectivity index (χ3n) is 2.48. The molecule has 0 bridgehead atoms. The van der Waals surface area contributed by atoms with Crippen molar-refractivity contribution >= 4 is 21.6 Å². The van der Waals surface area contributed by atoms with Gasteiger partial charge in [-0.1, -0.05) is 42.8 Å². The summed E-state index contributed by atoms with van der Waals surface area (Å²) in [4.78, 5) is 10.5. The zero-order valence-electron chi connectivity index (χ0n) is 10.9. The van der Waals surface area contributed by atoms with Crippen LogP contribution in [0.2, 0.25) is 0 Å². The molecule has 0 aliphatic heterocycles. The lowest BCUT2D eigenvalue weighted by molar-refractivity contribution is -0.385. The maximum Gasteiger partial charge on any atom is 0.310 e. The summed E-state index contributed by atoms with van der Waals surface area (Å²) in [6, 6.07) is 4.93. The molecule has 0 N–H and O–H groups in total. The van der Waals surface area contributed by atoms with Crippen molar-refractivity contribution in [1.82, 2.24) is 0 Å². The molecule has 5 heteroatoms. The fourth-order valence-electron chi connectivity index (χ4n) is 1.38. The predicted molar refractivity (Wildman–Crippen MR) is 75.3 cm³/mol. The molecule has 0 atom stereocenters. The molecule has 4 nitrogen and oxygen atoms in total. The van der Waals surface area contributed by atoms with Crippen molar-refractivity contribution in [1.29, 1.82) is 0 Å². The molecule has 0 aliphatic carbocycles. The Labute approximate surface area is 116 Å². The molecule has 0 saturated carbocycles. The molecular formula is C13H18BrNO3. The summed E-state index contributed by atoms with van der Waals surface area (Å²) in [7, 11) is 0. The minimum absolute atomic E-state index is 0.0219. The maximum absolute atomic E-state index is 10.9. The van der Waals surface area contributed by atoms with Crippen molar-refractivity contribution < 1.29 is 9.66 Å². The van der Waals surface area contributed by atoms with Crippen LogP contribution in [0, 0.1) is 15.5 Å². The van der Waals surface area contributed by atoms with Crippen LogP contribution >= 0.6 is 15.9 Å². The van der Waals surface area contributed by atoms with Gasteiger partial charge in [-0.3, -0.25) is 10.1 Å². The first-order chi connectivity index (χ1) is 8.33. The van der Waals surface area contributed by atoms with Gasteiger partial charge in [0.15, 0.2) is 5.75 Å². The van der Waals surface area contributed by atoms with E-state index in [0.717, 1.165) is 12.0 Å². The average molecular weight is 316 g/mol. The Hall–Kier alpha value is -1.10. The van der Waals surface area contributed by atoms with Gasteiger partial charge in [0, 0.05) is 11.4 Å². The first-order valence-corrected chi connectivity index (χ1v) is 6.92. The minimum atomic E-state index is -0.412. The highest BCUT2D eigenvalue weighted by Gasteiger charge is 2.17. The summed E-state index contributed by atoms with van der Waals surface area (Å²) in [5.74, 6) is 0.348. The van der Waals surface area contributed by atoms with Gasteiger partial charge in [-0.25, -0.2) is 0 Å². The Balaban J connectivity index is 2.81. The van der Waals surface area contributed by atoms with E-state index in [1.54, 1.807) is 12.1 Å². The number of halogens is 1. The highest BCUT2D eigenvalue weighted by atomic mass is 79.9. The van der Waals surface area contributed by atoms with E-state index < -0.39 is 4.92 Å². The van der Waals surface area contributed by atoms with E-state index in [-0.39, 0.29) is 11.1 Å². The first kappa shape index (κ1) is 15.0. The quantitative estimate of drug-likeness (QED) is 0.462. The molecule has 0 aromatic heterocycles. The van der Waals surface area contributed by atoms with Crippen LogP contribution in [-0.4, -0.2) is 11.5 Å². The zero-order chi connectivity index (χ0) is 13.8. The lowest BCUT2D eigenvalue weighted by Crippen LogP contribution is -2.11. The smallest absolute Gasteiger partial charge is 0.310 e.